The molecule has 2 bridgehead atoms. The molecule has 2 unspecified atom stereocenters. The van der Waals surface area contributed by atoms with Crippen LogP contribution < -0.4 is 15.0 Å². The summed E-state index contributed by atoms with van der Waals surface area (Å²) in [6.07, 6.45) is -9.51. The van der Waals surface area contributed by atoms with E-state index in [1.165, 1.54) is 31.4 Å². The van der Waals surface area contributed by atoms with Crippen molar-refractivity contribution >= 4 is 73.1 Å². The molecule has 2 aromatic heterocycles. The third kappa shape index (κ3) is 14.5. The summed E-state index contributed by atoms with van der Waals surface area (Å²) >= 11 is 6.61. The fourth-order valence-corrected chi connectivity index (χ4v) is 8.72. The molecule has 390 valence electrons. The van der Waals surface area contributed by atoms with E-state index < -0.39 is 63.3 Å². The summed E-state index contributed by atoms with van der Waals surface area (Å²) in [6, 6.07) is 15.5. The molecule has 3 aliphatic rings. The van der Waals surface area contributed by atoms with E-state index in [0.717, 1.165) is 30.6 Å². The Labute approximate surface area is 404 Å². The number of carboxylic acids is 3. The van der Waals surface area contributed by atoms with Crippen molar-refractivity contribution < 1.29 is 95.4 Å². The van der Waals surface area contributed by atoms with Crippen LogP contribution in [-0.4, -0.2) is 131 Å². The van der Waals surface area contributed by atoms with Gasteiger partial charge < -0.3 is 30.3 Å². The first-order valence-electron chi connectivity index (χ1n) is 20.7. The number of halogens is 12. The molecule has 2 aliphatic heterocycles. The molecule has 3 fully saturated rings. The molecule has 0 radical (unpaired) electrons. The zero-order valence-corrected chi connectivity index (χ0v) is 38.3. The first-order valence-corrected chi connectivity index (χ1v) is 22.5. The number of likely N-dealkylation sites (tertiary alicyclic amines) is 1. The van der Waals surface area contributed by atoms with Gasteiger partial charge in [0.1, 0.15) is 23.6 Å². The minimum Gasteiger partial charge on any atom is -0.475 e. The predicted molar refractivity (Wildman–Crippen MR) is 232 cm³/mol. The van der Waals surface area contributed by atoms with Crippen LogP contribution in [0.15, 0.2) is 71.8 Å². The summed E-state index contributed by atoms with van der Waals surface area (Å²) in [5.41, 5.74) is 1.05. The number of hydrogen-bond donors (Lipinski definition) is 4. The van der Waals surface area contributed by atoms with Crippen molar-refractivity contribution in [2.24, 2.45) is 11.8 Å². The van der Waals surface area contributed by atoms with E-state index in [9.17, 15) is 56.6 Å². The zero-order valence-electron chi connectivity index (χ0n) is 36.7. The number of nitrogens with one attached hydrogen (secondary N) is 1. The van der Waals surface area contributed by atoms with E-state index in [1.807, 2.05) is 37.4 Å². The van der Waals surface area contributed by atoms with Crippen LogP contribution in [0.5, 0.6) is 6.01 Å². The van der Waals surface area contributed by atoms with Crippen molar-refractivity contribution in [3.05, 3.63) is 83.3 Å². The van der Waals surface area contributed by atoms with Gasteiger partial charge in [0.2, 0.25) is 0 Å². The quantitative estimate of drug-likeness (QED) is 0.0846. The van der Waals surface area contributed by atoms with E-state index in [0.29, 0.717) is 52.0 Å². The number of carbonyl (C=O) groups is 4. The van der Waals surface area contributed by atoms with Gasteiger partial charge in [-0.1, -0.05) is 41.9 Å². The molecule has 4 N–H and O–H groups in total. The molecular formula is C43H38ClF11N6O10S. The fourth-order valence-electron chi connectivity index (χ4n) is 7.98. The van der Waals surface area contributed by atoms with Gasteiger partial charge in [0.15, 0.2) is 5.82 Å². The third-order valence-electron chi connectivity index (χ3n) is 11.2. The van der Waals surface area contributed by atoms with E-state index >= 15 is 4.39 Å². The van der Waals surface area contributed by atoms with Gasteiger partial charge in [-0.25, -0.2) is 18.8 Å². The number of carbonyl (C=O) groups excluding carboxylic acids is 1. The van der Waals surface area contributed by atoms with Crippen molar-refractivity contribution in [3.8, 4) is 17.3 Å². The number of amides is 1. The highest BCUT2D eigenvalue weighted by molar-refractivity contribution is 7.86. The average molecular weight is 1080 g/mol. The van der Waals surface area contributed by atoms with Gasteiger partial charge in [0.05, 0.1) is 10.3 Å². The molecule has 1 saturated carbocycles. The molecule has 0 spiro atoms. The molecule has 2 saturated heterocycles. The molecule has 16 nitrogen and oxygen atoms in total. The number of likely N-dealkylation sites (N-methyl/N-ethyl adjacent to an activating group) is 1. The first kappa shape index (κ1) is 56.2. The monoisotopic (exact) mass is 1070 g/mol. The maximum Gasteiger partial charge on any atom is 0.490 e. The lowest BCUT2D eigenvalue weighted by Crippen LogP contribution is -2.37. The Morgan fingerprint density at radius 1 is 0.792 bits per heavy atom. The Balaban J connectivity index is 0.000000385. The molecule has 8 rings (SSSR count). The second-order valence-corrected chi connectivity index (χ2v) is 18.0. The molecule has 4 heterocycles. The lowest BCUT2D eigenvalue weighted by Gasteiger charge is -2.33. The molecule has 5 aromatic rings. The van der Waals surface area contributed by atoms with Crippen LogP contribution in [-0.2, 0) is 24.6 Å². The Bertz CT molecular complexity index is 2860. The number of ether oxygens (including phenoxy) is 1. The lowest BCUT2D eigenvalue weighted by molar-refractivity contribution is -0.193. The standard InChI is InChI=1S/C37H35ClF2N6O4S.3C2HF3O2/c1-45-19-25(42-36(47)24-10-12-27(13-11-24)51(40,48)49)15-26(45)20-50-37-43-34-29(35(44-37)46-17-21-8-9-22(14-21)18-46)16-41-33(32(34)39)28-6-2-4-23-5-3-7-30(38)31(23)28;3*3-2(4,5)1(6)7/h2-7,10-13,16,21-22,25-26H,8-9,14-15,17-20H2,1H3,(H,42,47);3*(H,6,7)/t21?,22?,25-,26+;;;/m1.../s1. The first-order chi connectivity index (χ1) is 33.3. The third-order valence-corrected chi connectivity index (χ3v) is 12.4. The number of nitrogens with zero attached hydrogens (tertiary/aromatic N) is 5. The van der Waals surface area contributed by atoms with Gasteiger partial charge in [-0.15, -0.1) is 3.89 Å². The number of pyridine rings is 1. The largest absolute Gasteiger partial charge is 0.490 e. The molecule has 72 heavy (non-hydrogen) atoms. The summed E-state index contributed by atoms with van der Waals surface area (Å²) in [5.74, 6) is -7.53. The number of piperidine rings is 1. The highest BCUT2D eigenvalue weighted by Crippen LogP contribution is 2.41. The fraction of sp³-hybridized carbons (Fsp3) is 0.372. The minimum atomic E-state index is -5.08. The summed E-state index contributed by atoms with van der Waals surface area (Å²) in [6.45, 7) is 2.38. The van der Waals surface area contributed by atoms with E-state index in [-0.39, 0.29) is 41.5 Å². The lowest BCUT2D eigenvalue weighted by atomic mass is 9.98. The van der Waals surface area contributed by atoms with Crippen molar-refractivity contribution in [3.63, 3.8) is 0 Å². The number of rotatable bonds is 8. The van der Waals surface area contributed by atoms with Gasteiger partial charge in [-0.3, -0.25) is 14.7 Å². The van der Waals surface area contributed by atoms with E-state index in [2.05, 4.69) is 25.1 Å². The smallest absolute Gasteiger partial charge is 0.475 e. The van der Waals surface area contributed by atoms with Crippen LogP contribution in [0.2, 0.25) is 5.02 Å². The van der Waals surface area contributed by atoms with Gasteiger partial charge in [-0.2, -0.15) is 57.9 Å². The molecule has 4 atom stereocenters. The highest BCUT2D eigenvalue weighted by Gasteiger charge is 2.40. The summed E-state index contributed by atoms with van der Waals surface area (Å²) < 4.78 is 154. The number of alkyl halides is 9. The van der Waals surface area contributed by atoms with Crippen molar-refractivity contribution in [2.75, 3.05) is 38.2 Å². The number of carboxylic acid groups (broad SMARTS) is 3. The summed E-state index contributed by atoms with van der Waals surface area (Å²) in [5, 5.41) is 26.9. The van der Waals surface area contributed by atoms with Gasteiger partial charge in [0, 0.05) is 59.5 Å². The Morgan fingerprint density at radius 2 is 1.32 bits per heavy atom. The normalized spacial score (nSPS) is 19.0. The Kier molecular flexibility index (Phi) is 17.5. The van der Waals surface area contributed by atoms with Gasteiger partial charge >= 0.3 is 52.7 Å². The molecule has 1 amide bonds. The minimum absolute atomic E-state index is 0.0613. The number of aromatic nitrogens is 3. The zero-order chi connectivity index (χ0) is 53.7. The van der Waals surface area contributed by atoms with Gasteiger partial charge in [0.25, 0.3) is 5.91 Å². The number of fused-ring (bicyclic) bond motifs is 4. The second-order valence-electron chi connectivity index (χ2n) is 16.3. The average Bonchev–Trinajstić information content (AvgIpc) is 3.82. The number of benzene rings is 3. The maximum absolute atomic E-state index is 16.7. The maximum atomic E-state index is 16.7. The molecule has 29 heteroatoms. The summed E-state index contributed by atoms with van der Waals surface area (Å²) in [7, 11) is -2.94. The Morgan fingerprint density at radius 3 is 1.83 bits per heavy atom. The second kappa shape index (κ2) is 22.4. The number of anilines is 1. The highest BCUT2D eigenvalue weighted by atomic mass is 35.5. The van der Waals surface area contributed by atoms with Crippen molar-refractivity contribution in [1.29, 1.82) is 0 Å². The van der Waals surface area contributed by atoms with Gasteiger partial charge in [-0.05, 0) is 80.3 Å². The number of aliphatic carboxylic acids is 3. The number of hydrogen-bond acceptors (Lipinski definition) is 12. The summed E-state index contributed by atoms with van der Waals surface area (Å²) in [4.78, 5) is 57.5. The SMILES string of the molecule is CN1C[C@H](NC(=O)c2ccc(S(=O)(=O)F)cc2)C[C@H]1COc1nc(N2CC3CCC(C3)C2)c2cnc(-c3cccc4cccc(Cl)c34)c(F)c2n1.O=C(O)C(F)(F)F.O=C(O)C(F)(F)F.O=C(O)C(F)(F)F. The van der Waals surface area contributed by atoms with E-state index in [4.69, 9.17) is 51.0 Å². The molecular weight excluding hydrogens is 1040 g/mol. The topological polar surface area (TPSA) is 230 Å². The Hall–Kier alpha value is -6.68. The van der Waals surface area contributed by atoms with Crippen LogP contribution in [0, 0.1) is 17.7 Å². The van der Waals surface area contributed by atoms with E-state index in [1.54, 1.807) is 12.3 Å². The van der Waals surface area contributed by atoms with Crippen LogP contribution in [0.4, 0.5) is 53.6 Å². The molecule has 1 aliphatic carbocycles. The molecule has 3 aromatic carbocycles. The van der Waals surface area contributed by atoms with Crippen LogP contribution in [0.1, 0.15) is 36.0 Å². The van der Waals surface area contributed by atoms with Crippen molar-refractivity contribution in [1.82, 2.24) is 25.2 Å². The van der Waals surface area contributed by atoms with Crippen LogP contribution >= 0.6 is 11.6 Å². The predicted octanol–water partition coefficient (Wildman–Crippen LogP) is 8.31. The van der Waals surface area contributed by atoms with Crippen molar-refractivity contribution in [2.45, 2.75) is 61.2 Å². The van der Waals surface area contributed by atoms with Crippen LogP contribution in [0.25, 0.3) is 32.9 Å². The van der Waals surface area contributed by atoms with Crippen LogP contribution in [0.3, 0.4) is 0 Å².